The van der Waals surface area contributed by atoms with E-state index < -0.39 is 0 Å². The Morgan fingerprint density at radius 3 is 2.52 bits per heavy atom. The molecular weight excluding hydrogens is 338 g/mol. The first-order valence-electron chi connectivity index (χ1n) is 7.61. The minimum absolute atomic E-state index is 0.168. The molecule has 126 valence electrons. The second-order valence-corrected chi connectivity index (χ2v) is 5.72. The molecule has 2 rings (SSSR count). The topological polar surface area (TPSA) is 77.1 Å². The largest absolute Gasteiger partial charge is 0.484 e. The molecule has 0 fully saturated rings. The van der Waals surface area contributed by atoms with E-state index in [2.05, 4.69) is 0 Å². The number of carbonyl (C=O) groups excluding carboxylic acids is 1. The average Bonchev–Trinajstić information content (AvgIpc) is 2.63. The Labute approximate surface area is 151 Å². The SMILES string of the molecule is Cc1cc(N(CCC#N)C(=O)COc2ccc(C#N)cc2)ccc1Cl. The van der Waals surface area contributed by atoms with Crippen molar-refractivity contribution in [3.63, 3.8) is 0 Å². The normalized spacial score (nSPS) is 9.76. The summed E-state index contributed by atoms with van der Waals surface area (Å²) in [5.41, 5.74) is 2.04. The van der Waals surface area contributed by atoms with E-state index in [-0.39, 0.29) is 25.5 Å². The zero-order valence-corrected chi connectivity index (χ0v) is 14.5. The van der Waals surface area contributed by atoms with Crippen LogP contribution >= 0.6 is 11.6 Å². The highest BCUT2D eigenvalue weighted by atomic mass is 35.5. The van der Waals surface area contributed by atoms with Gasteiger partial charge in [0, 0.05) is 17.3 Å². The van der Waals surface area contributed by atoms with E-state index in [0.717, 1.165) is 5.56 Å². The van der Waals surface area contributed by atoms with Crippen LogP contribution in [0.25, 0.3) is 0 Å². The standard InChI is InChI=1S/C19H16ClN3O2/c1-14-11-16(5-8-18(14)20)23(10-2-9-21)19(24)13-25-17-6-3-15(12-22)4-7-17/h3-8,11H,2,10,13H2,1H3. The van der Waals surface area contributed by atoms with Crippen LogP contribution in [-0.4, -0.2) is 19.1 Å². The lowest BCUT2D eigenvalue weighted by molar-refractivity contribution is -0.120. The van der Waals surface area contributed by atoms with Gasteiger partial charge in [-0.3, -0.25) is 4.79 Å². The van der Waals surface area contributed by atoms with Crippen LogP contribution in [0.15, 0.2) is 42.5 Å². The molecule has 0 saturated heterocycles. The quantitative estimate of drug-likeness (QED) is 0.790. The lowest BCUT2D eigenvalue weighted by atomic mass is 10.2. The Hall–Kier alpha value is -3.02. The number of anilines is 1. The van der Waals surface area contributed by atoms with Crippen molar-refractivity contribution in [2.24, 2.45) is 0 Å². The van der Waals surface area contributed by atoms with Gasteiger partial charge < -0.3 is 9.64 Å². The monoisotopic (exact) mass is 353 g/mol. The molecule has 0 aromatic heterocycles. The first-order valence-corrected chi connectivity index (χ1v) is 7.99. The molecule has 0 atom stereocenters. The summed E-state index contributed by atoms with van der Waals surface area (Å²) in [5, 5.41) is 18.2. The van der Waals surface area contributed by atoms with Gasteiger partial charge in [0.05, 0.1) is 24.1 Å². The molecule has 2 aromatic carbocycles. The Bertz CT molecular complexity index is 835. The lowest BCUT2D eigenvalue weighted by Crippen LogP contribution is -2.35. The molecule has 0 saturated carbocycles. The first-order chi connectivity index (χ1) is 12.0. The smallest absolute Gasteiger partial charge is 0.264 e. The first kappa shape index (κ1) is 18.3. The Morgan fingerprint density at radius 2 is 1.92 bits per heavy atom. The Kier molecular flexibility index (Phi) is 6.39. The molecule has 0 bridgehead atoms. The fourth-order valence-corrected chi connectivity index (χ4v) is 2.32. The fraction of sp³-hybridized carbons (Fsp3) is 0.211. The van der Waals surface area contributed by atoms with Crippen LogP contribution in [0.3, 0.4) is 0 Å². The third-order valence-electron chi connectivity index (χ3n) is 3.55. The molecule has 0 aliphatic heterocycles. The van der Waals surface area contributed by atoms with E-state index in [0.29, 0.717) is 22.0 Å². The van der Waals surface area contributed by atoms with E-state index in [1.807, 2.05) is 19.1 Å². The number of amides is 1. The van der Waals surface area contributed by atoms with Crippen LogP contribution in [0, 0.1) is 29.6 Å². The summed E-state index contributed by atoms with van der Waals surface area (Å²) in [5.74, 6) is 0.237. The Balaban J connectivity index is 2.10. The van der Waals surface area contributed by atoms with Crippen molar-refractivity contribution in [1.82, 2.24) is 0 Å². The van der Waals surface area contributed by atoms with Gasteiger partial charge >= 0.3 is 0 Å². The Morgan fingerprint density at radius 1 is 1.20 bits per heavy atom. The molecule has 0 unspecified atom stereocenters. The molecule has 0 aliphatic carbocycles. The van der Waals surface area contributed by atoms with Crippen LogP contribution < -0.4 is 9.64 Å². The minimum atomic E-state index is -0.263. The van der Waals surface area contributed by atoms with Gasteiger partial charge in [0.2, 0.25) is 0 Å². The second-order valence-electron chi connectivity index (χ2n) is 5.31. The third-order valence-corrected chi connectivity index (χ3v) is 3.97. The summed E-state index contributed by atoms with van der Waals surface area (Å²) in [6.45, 7) is 1.96. The number of benzene rings is 2. The molecule has 1 amide bonds. The van der Waals surface area contributed by atoms with Gasteiger partial charge in [0.15, 0.2) is 6.61 Å². The van der Waals surface area contributed by atoms with Gasteiger partial charge in [-0.1, -0.05) is 11.6 Å². The molecule has 2 aromatic rings. The number of ether oxygens (including phenoxy) is 1. The number of hydrogen-bond donors (Lipinski definition) is 0. The van der Waals surface area contributed by atoms with Gasteiger partial charge in [-0.25, -0.2) is 0 Å². The number of aryl methyl sites for hydroxylation is 1. The average molecular weight is 354 g/mol. The third kappa shape index (κ3) is 4.97. The zero-order chi connectivity index (χ0) is 18.2. The maximum atomic E-state index is 12.5. The van der Waals surface area contributed by atoms with Crippen LogP contribution in [0.2, 0.25) is 5.02 Å². The summed E-state index contributed by atoms with van der Waals surface area (Å²) in [6.07, 6.45) is 0.213. The summed E-state index contributed by atoms with van der Waals surface area (Å²) in [6, 6.07) is 15.8. The van der Waals surface area contributed by atoms with Gasteiger partial charge in [-0.15, -0.1) is 0 Å². The van der Waals surface area contributed by atoms with Gasteiger partial charge in [-0.05, 0) is 55.0 Å². The molecular formula is C19H16ClN3O2. The maximum absolute atomic E-state index is 12.5. The van der Waals surface area contributed by atoms with Crippen LogP contribution in [0.1, 0.15) is 17.5 Å². The van der Waals surface area contributed by atoms with E-state index in [4.69, 9.17) is 26.9 Å². The molecule has 0 heterocycles. The predicted octanol–water partition coefficient (Wildman–Crippen LogP) is 3.85. The van der Waals surface area contributed by atoms with E-state index in [9.17, 15) is 4.79 Å². The zero-order valence-electron chi connectivity index (χ0n) is 13.7. The van der Waals surface area contributed by atoms with Gasteiger partial charge in [0.1, 0.15) is 5.75 Å². The highest BCUT2D eigenvalue weighted by Gasteiger charge is 2.17. The number of hydrogen-bond acceptors (Lipinski definition) is 4. The lowest BCUT2D eigenvalue weighted by Gasteiger charge is -2.22. The fourth-order valence-electron chi connectivity index (χ4n) is 2.21. The minimum Gasteiger partial charge on any atom is -0.484 e. The van der Waals surface area contributed by atoms with E-state index >= 15 is 0 Å². The summed E-state index contributed by atoms with van der Waals surface area (Å²) in [7, 11) is 0. The van der Waals surface area contributed by atoms with Crippen molar-refractivity contribution in [3.8, 4) is 17.9 Å². The van der Waals surface area contributed by atoms with Crippen LogP contribution in [0.4, 0.5) is 5.69 Å². The second kappa shape index (κ2) is 8.73. The van der Waals surface area contributed by atoms with Crippen molar-refractivity contribution >= 4 is 23.2 Å². The summed E-state index contributed by atoms with van der Waals surface area (Å²) >= 11 is 6.03. The van der Waals surface area contributed by atoms with Gasteiger partial charge in [-0.2, -0.15) is 10.5 Å². The molecule has 25 heavy (non-hydrogen) atoms. The maximum Gasteiger partial charge on any atom is 0.264 e. The number of halogens is 1. The van der Waals surface area contributed by atoms with Gasteiger partial charge in [0.25, 0.3) is 5.91 Å². The number of nitriles is 2. The molecule has 6 heteroatoms. The van der Waals surface area contributed by atoms with E-state index in [1.54, 1.807) is 42.5 Å². The highest BCUT2D eigenvalue weighted by Crippen LogP contribution is 2.23. The van der Waals surface area contributed by atoms with Crippen molar-refractivity contribution in [2.45, 2.75) is 13.3 Å². The summed E-state index contributed by atoms with van der Waals surface area (Å²) < 4.78 is 5.49. The van der Waals surface area contributed by atoms with Crippen molar-refractivity contribution < 1.29 is 9.53 Å². The molecule has 5 nitrogen and oxygen atoms in total. The molecule has 0 spiro atoms. The predicted molar refractivity (Wildman–Crippen MR) is 95.4 cm³/mol. The molecule has 0 radical (unpaired) electrons. The van der Waals surface area contributed by atoms with Crippen molar-refractivity contribution in [3.05, 3.63) is 58.6 Å². The number of nitrogens with zero attached hydrogens (tertiary/aromatic N) is 3. The number of rotatable bonds is 6. The molecule has 0 N–H and O–H groups in total. The van der Waals surface area contributed by atoms with E-state index in [1.165, 1.54) is 4.90 Å². The highest BCUT2D eigenvalue weighted by molar-refractivity contribution is 6.31. The molecule has 0 aliphatic rings. The number of carbonyl (C=O) groups is 1. The van der Waals surface area contributed by atoms with Crippen molar-refractivity contribution in [1.29, 1.82) is 10.5 Å². The van der Waals surface area contributed by atoms with Crippen molar-refractivity contribution in [2.75, 3.05) is 18.1 Å². The van der Waals surface area contributed by atoms with Crippen LogP contribution in [-0.2, 0) is 4.79 Å². The summed E-state index contributed by atoms with van der Waals surface area (Å²) in [4.78, 5) is 14.1. The van der Waals surface area contributed by atoms with Crippen LogP contribution in [0.5, 0.6) is 5.75 Å².